The molecular weight excluding hydrogens is 433 g/mol. The van der Waals surface area contributed by atoms with E-state index < -0.39 is 12.7 Å². The van der Waals surface area contributed by atoms with E-state index >= 15 is 0 Å². The molecule has 3 N–H and O–H groups in total. The maximum Gasteiger partial charge on any atom is 0.252 e. The van der Waals surface area contributed by atoms with Crippen molar-refractivity contribution < 1.29 is 13.6 Å². The number of rotatable bonds is 10. The van der Waals surface area contributed by atoms with Crippen LogP contribution in [-0.4, -0.2) is 43.0 Å². The summed E-state index contributed by atoms with van der Waals surface area (Å²) in [7, 11) is 0. The van der Waals surface area contributed by atoms with Gasteiger partial charge in [0.1, 0.15) is 18.6 Å². The van der Waals surface area contributed by atoms with Gasteiger partial charge in [-0.05, 0) is 43.9 Å². The van der Waals surface area contributed by atoms with Gasteiger partial charge < -0.3 is 20.0 Å². The molecule has 8 heteroatoms. The molecule has 1 amide bonds. The lowest BCUT2D eigenvalue weighted by Gasteiger charge is -2.19. The molecule has 0 unspecified atom stereocenters. The molecule has 1 atom stereocenters. The van der Waals surface area contributed by atoms with Gasteiger partial charge in [0.15, 0.2) is 5.76 Å². The Bertz CT molecular complexity index is 1100. The number of nitrogens with one attached hydrogen (secondary N) is 3. The van der Waals surface area contributed by atoms with Crippen molar-refractivity contribution in [3.8, 4) is 11.3 Å². The molecule has 0 saturated carbocycles. The minimum absolute atomic E-state index is 0.151. The second-order valence-corrected chi connectivity index (χ2v) is 8.38. The highest BCUT2D eigenvalue weighted by Crippen LogP contribution is 2.26. The SMILES string of the molecule is N=C(CF)NCCC[C@H](NC(=O)c1cccc(N2CCCC2)c1)c1ncc(-c2ccccc2)o1. The van der Waals surface area contributed by atoms with Gasteiger partial charge in [-0.15, -0.1) is 0 Å². The summed E-state index contributed by atoms with van der Waals surface area (Å²) < 4.78 is 18.5. The molecule has 3 aromatic rings. The summed E-state index contributed by atoms with van der Waals surface area (Å²) in [6.45, 7) is 1.61. The monoisotopic (exact) mass is 463 g/mol. The Kier molecular flexibility index (Phi) is 7.91. The summed E-state index contributed by atoms with van der Waals surface area (Å²) in [5, 5.41) is 13.2. The summed E-state index contributed by atoms with van der Waals surface area (Å²) >= 11 is 0. The first kappa shape index (κ1) is 23.5. The van der Waals surface area contributed by atoms with Crippen molar-refractivity contribution in [1.82, 2.24) is 15.6 Å². The first-order valence-electron chi connectivity index (χ1n) is 11.7. The van der Waals surface area contributed by atoms with E-state index in [2.05, 4.69) is 20.5 Å². The van der Waals surface area contributed by atoms with Gasteiger partial charge in [-0.25, -0.2) is 9.37 Å². The van der Waals surface area contributed by atoms with E-state index in [0.717, 1.165) is 24.3 Å². The van der Waals surface area contributed by atoms with Crippen LogP contribution in [0.1, 0.15) is 48.0 Å². The molecule has 0 aliphatic carbocycles. The maximum absolute atomic E-state index is 13.2. The summed E-state index contributed by atoms with van der Waals surface area (Å²) in [6.07, 6.45) is 5.12. The van der Waals surface area contributed by atoms with Crippen LogP contribution in [0.2, 0.25) is 0 Å². The first-order chi connectivity index (χ1) is 16.6. The van der Waals surface area contributed by atoms with E-state index in [-0.39, 0.29) is 11.7 Å². The van der Waals surface area contributed by atoms with Crippen LogP contribution in [0.5, 0.6) is 0 Å². The molecule has 178 valence electrons. The standard InChI is InChI=1S/C26H30FN5O2/c27-17-24(28)29-13-7-12-22(26-30-18-23(34-26)19-8-2-1-3-9-19)31-25(33)20-10-6-11-21(16-20)32-14-4-5-15-32/h1-3,6,8-11,16,18,22H,4-5,7,12-15,17H2,(H2,28,29)(H,31,33)/t22-/m0/s1. The molecule has 0 bridgehead atoms. The number of anilines is 1. The van der Waals surface area contributed by atoms with Crippen molar-refractivity contribution in [1.29, 1.82) is 5.41 Å². The smallest absolute Gasteiger partial charge is 0.252 e. The maximum atomic E-state index is 13.2. The van der Waals surface area contributed by atoms with Gasteiger partial charge in [0, 0.05) is 36.4 Å². The van der Waals surface area contributed by atoms with Gasteiger partial charge in [0.05, 0.1) is 6.20 Å². The van der Waals surface area contributed by atoms with Gasteiger partial charge in [-0.3, -0.25) is 10.2 Å². The Morgan fingerprint density at radius 3 is 2.71 bits per heavy atom. The molecule has 34 heavy (non-hydrogen) atoms. The van der Waals surface area contributed by atoms with Crippen molar-refractivity contribution >= 4 is 17.4 Å². The fraction of sp³-hybridized carbons (Fsp3) is 0.346. The van der Waals surface area contributed by atoms with Crippen LogP contribution in [0.15, 0.2) is 65.2 Å². The third kappa shape index (κ3) is 6.01. The van der Waals surface area contributed by atoms with Crippen molar-refractivity contribution in [2.45, 2.75) is 31.7 Å². The highest BCUT2D eigenvalue weighted by Gasteiger charge is 2.22. The lowest BCUT2D eigenvalue weighted by atomic mass is 10.1. The second-order valence-electron chi connectivity index (χ2n) is 8.38. The molecule has 0 spiro atoms. The Labute approximate surface area is 198 Å². The van der Waals surface area contributed by atoms with Crippen molar-refractivity contribution in [3.63, 3.8) is 0 Å². The van der Waals surface area contributed by atoms with E-state index in [1.165, 1.54) is 12.8 Å². The van der Waals surface area contributed by atoms with Crippen LogP contribution < -0.4 is 15.5 Å². The molecule has 2 aromatic carbocycles. The fourth-order valence-electron chi connectivity index (χ4n) is 4.10. The third-order valence-electron chi connectivity index (χ3n) is 5.91. The zero-order chi connectivity index (χ0) is 23.8. The predicted octanol–water partition coefficient (Wildman–Crippen LogP) is 4.73. The molecule has 1 aliphatic rings. The predicted molar refractivity (Wildman–Crippen MR) is 131 cm³/mol. The molecule has 0 radical (unpaired) electrons. The Balaban J connectivity index is 1.48. The van der Waals surface area contributed by atoms with E-state index in [4.69, 9.17) is 9.83 Å². The van der Waals surface area contributed by atoms with Crippen LogP contribution in [-0.2, 0) is 0 Å². The van der Waals surface area contributed by atoms with Crippen LogP contribution in [0.3, 0.4) is 0 Å². The number of amides is 1. The molecule has 4 rings (SSSR count). The summed E-state index contributed by atoms with van der Waals surface area (Å²) in [5.41, 5.74) is 2.54. The zero-order valence-corrected chi connectivity index (χ0v) is 19.1. The van der Waals surface area contributed by atoms with E-state index in [1.54, 1.807) is 12.3 Å². The zero-order valence-electron chi connectivity index (χ0n) is 19.1. The minimum atomic E-state index is -0.826. The summed E-state index contributed by atoms with van der Waals surface area (Å²) in [5.74, 6) is 0.698. The molecule has 1 saturated heterocycles. The number of amidine groups is 1. The van der Waals surface area contributed by atoms with E-state index in [0.29, 0.717) is 36.6 Å². The topological polar surface area (TPSA) is 94.2 Å². The van der Waals surface area contributed by atoms with Crippen LogP contribution in [0, 0.1) is 5.41 Å². The number of halogens is 1. The average molecular weight is 464 g/mol. The molecule has 1 aromatic heterocycles. The van der Waals surface area contributed by atoms with Crippen LogP contribution in [0.25, 0.3) is 11.3 Å². The number of benzene rings is 2. The largest absolute Gasteiger partial charge is 0.438 e. The Morgan fingerprint density at radius 2 is 1.94 bits per heavy atom. The van der Waals surface area contributed by atoms with Gasteiger partial charge in [-0.2, -0.15) is 0 Å². The molecule has 1 aliphatic heterocycles. The lowest BCUT2D eigenvalue weighted by Crippen LogP contribution is -2.30. The Morgan fingerprint density at radius 1 is 1.15 bits per heavy atom. The number of aromatic nitrogens is 1. The highest BCUT2D eigenvalue weighted by molar-refractivity contribution is 5.95. The number of oxazole rings is 1. The van der Waals surface area contributed by atoms with Crippen molar-refractivity contribution in [2.24, 2.45) is 0 Å². The van der Waals surface area contributed by atoms with Crippen molar-refractivity contribution in [2.75, 3.05) is 31.2 Å². The molecule has 2 heterocycles. The normalized spacial score (nSPS) is 14.1. The third-order valence-corrected chi connectivity index (χ3v) is 5.91. The molecule has 1 fully saturated rings. The number of hydrogen-bond acceptors (Lipinski definition) is 5. The highest BCUT2D eigenvalue weighted by atomic mass is 19.1. The van der Waals surface area contributed by atoms with E-state index in [1.807, 2.05) is 48.5 Å². The van der Waals surface area contributed by atoms with Crippen LogP contribution in [0.4, 0.5) is 10.1 Å². The first-order valence-corrected chi connectivity index (χ1v) is 11.7. The van der Waals surface area contributed by atoms with Gasteiger partial charge >= 0.3 is 0 Å². The number of alkyl halides is 1. The quantitative estimate of drug-likeness (QED) is 0.230. The minimum Gasteiger partial charge on any atom is -0.438 e. The van der Waals surface area contributed by atoms with Crippen LogP contribution >= 0.6 is 0 Å². The number of nitrogens with zero attached hydrogens (tertiary/aromatic N) is 2. The number of hydrogen-bond donors (Lipinski definition) is 3. The van der Waals surface area contributed by atoms with Gasteiger partial charge in [0.25, 0.3) is 5.91 Å². The second kappa shape index (κ2) is 11.4. The Hall–Kier alpha value is -3.68. The van der Waals surface area contributed by atoms with Gasteiger partial charge in [-0.1, -0.05) is 36.4 Å². The number of carbonyl (C=O) groups excluding carboxylic acids is 1. The fourth-order valence-corrected chi connectivity index (χ4v) is 4.10. The average Bonchev–Trinajstić information content (AvgIpc) is 3.59. The summed E-state index contributed by atoms with van der Waals surface area (Å²) in [6, 6.07) is 16.9. The molecule has 7 nitrogen and oxygen atoms in total. The van der Waals surface area contributed by atoms with Gasteiger partial charge in [0.2, 0.25) is 5.89 Å². The molecular formula is C26H30FN5O2. The number of carbonyl (C=O) groups is 1. The summed E-state index contributed by atoms with van der Waals surface area (Å²) in [4.78, 5) is 19.9. The van der Waals surface area contributed by atoms with Crippen molar-refractivity contribution in [3.05, 3.63) is 72.2 Å². The lowest BCUT2D eigenvalue weighted by molar-refractivity contribution is 0.0927. The van der Waals surface area contributed by atoms with E-state index in [9.17, 15) is 9.18 Å².